The number of amides is 1. The van der Waals surface area contributed by atoms with Crippen molar-refractivity contribution in [2.45, 2.75) is 23.2 Å². The van der Waals surface area contributed by atoms with Crippen LogP contribution in [-0.4, -0.2) is 60.5 Å². The number of hydroxylamine groups is 2. The summed E-state index contributed by atoms with van der Waals surface area (Å²) in [6.07, 6.45) is -1.72. The first-order valence-corrected chi connectivity index (χ1v) is 12.2. The van der Waals surface area contributed by atoms with Gasteiger partial charge in [-0.25, -0.2) is 14.7 Å². The number of fused-ring (bicyclic) bond motifs is 4. The molecule has 2 aliphatic heterocycles. The molecule has 3 aliphatic rings. The number of cyclic esters (lactones) is 2. The van der Waals surface area contributed by atoms with Crippen LogP contribution in [0.4, 0.5) is 0 Å². The summed E-state index contributed by atoms with van der Waals surface area (Å²) < 4.78 is 16.7. The molecule has 2 N–H and O–H groups in total. The Morgan fingerprint density at radius 1 is 0.974 bits per heavy atom. The Morgan fingerprint density at radius 3 is 2.23 bits per heavy atom. The zero-order valence-corrected chi connectivity index (χ0v) is 21.3. The van der Waals surface area contributed by atoms with Crippen molar-refractivity contribution in [1.29, 1.82) is 0 Å². The average Bonchev–Trinajstić information content (AvgIpc) is 3.47. The first-order valence-electron chi connectivity index (χ1n) is 12.2. The molecule has 10 nitrogen and oxygen atoms in total. The molecular formula is C29H25NO9. The van der Waals surface area contributed by atoms with E-state index < -0.39 is 47.0 Å². The molecule has 1 fully saturated rings. The summed E-state index contributed by atoms with van der Waals surface area (Å²) in [5.74, 6) is -3.84. The second kappa shape index (κ2) is 8.63. The smallest absolute Gasteiger partial charge is 0.347 e. The van der Waals surface area contributed by atoms with Gasteiger partial charge in [-0.3, -0.25) is 9.63 Å². The lowest BCUT2D eigenvalue weighted by Crippen LogP contribution is -2.52. The number of aliphatic hydroxyl groups is 2. The molecule has 1 saturated carbocycles. The zero-order valence-electron chi connectivity index (χ0n) is 21.3. The Balaban J connectivity index is 1.68. The van der Waals surface area contributed by atoms with Gasteiger partial charge in [0.05, 0.1) is 31.3 Å². The van der Waals surface area contributed by atoms with E-state index in [1.54, 1.807) is 48.5 Å². The molecule has 3 aromatic rings. The van der Waals surface area contributed by atoms with Gasteiger partial charge in [0.15, 0.2) is 11.2 Å². The molecule has 6 rings (SSSR count). The summed E-state index contributed by atoms with van der Waals surface area (Å²) in [6, 6.07) is 18.4. The van der Waals surface area contributed by atoms with E-state index in [-0.39, 0.29) is 22.4 Å². The maximum absolute atomic E-state index is 13.7. The van der Waals surface area contributed by atoms with Crippen LogP contribution in [0, 0.1) is 5.92 Å². The Labute approximate surface area is 223 Å². The first-order chi connectivity index (χ1) is 18.7. The predicted octanol–water partition coefficient (Wildman–Crippen LogP) is 2.28. The lowest BCUT2D eigenvalue weighted by atomic mass is 9.70. The van der Waals surface area contributed by atoms with Crippen LogP contribution in [0.1, 0.15) is 43.3 Å². The van der Waals surface area contributed by atoms with Gasteiger partial charge >= 0.3 is 11.9 Å². The third-order valence-corrected chi connectivity index (χ3v) is 8.10. The second-order valence-electron chi connectivity index (χ2n) is 9.78. The molecule has 1 aliphatic carbocycles. The van der Waals surface area contributed by atoms with Gasteiger partial charge in [-0.1, -0.05) is 42.5 Å². The third-order valence-electron chi connectivity index (χ3n) is 8.10. The monoisotopic (exact) mass is 531 g/mol. The van der Waals surface area contributed by atoms with Gasteiger partial charge in [-0.05, 0) is 35.4 Å². The van der Waals surface area contributed by atoms with Gasteiger partial charge in [0, 0.05) is 18.5 Å². The molecule has 0 unspecified atom stereocenters. The molecule has 0 spiro atoms. The highest BCUT2D eigenvalue weighted by molar-refractivity contribution is 6.15. The molecule has 0 aromatic heterocycles. The van der Waals surface area contributed by atoms with Gasteiger partial charge in [0.2, 0.25) is 0 Å². The lowest BCUT2D eigenvalue weighted by Gasteiger charge is -2.40. The minimum atomic E-state index is -2.24. The SMILES string of the molecule is COc1ccc([C@@]23Oc4cc5c(cc4[C@]2(O)[C@H](O)[C@H](C(=O)N(C)OC)[C@H]3c2ccccc2)C(=O)OC5=O)cc1. The summed E-state index contributed by atoms with van der Waals surface area (Å²) in [6.45, 7) is 0. The Bertz CT molecular complexity index is 1510. The number of hydrogen-bond acceptors (Lipinski definition) is 9. The van der Waals surface area contributed by atoms with Gasteiger partial charge in [-0.15, -0.1) is 0 Å². The van der Waals surface area contributed by atoms with Gasteiger partial charge in [-0.2, -0.15) is 0 Å². The second-order valence-corrected chi connectivity index (χ2v) is 9.78. The largest absolute Gasteiger partial charge is 0.497 e. The fourth-order valence-electron chi connectivity index (χ4n) is 6.30. The maximum atomic E-state index is 13.7. The number of methoxy groups -OCH3 is 1. The van der Waals surface area contributed by atoms with Crippen molar-refractivity contribution in [3.05, 3.63) is 94.5 Å². The number of benzene rings is 3. The highest BCUT2D eigenvalue weighted by Gasteiger charge is 2.77. The number of carbonyl (C=O) groups excluding carboxylic acids is 3. The van der Waals surface area contributed by atoms with E-state index in [2.05, 4.69) is 0 Å². The van der Waals surface area contributed by atoms with Crippen molar-refractivity contribution in [1.82, 2.24) is 5.06 Å². The summed E-state index contributed by atoms with van der Waals surface area (Å²) in [5, 5.41) is 25.7. The Morgan fingerprint density at radius 2 is 1.62 bits per heavy atom. The minimum absolute atomic E-state index is 0.00954. The number of rotatable bonds is 5. The maximum Gasteiger partial charge on any atom is 0.347 e. The molecule has 200 valence electrons. The van der Waals surface area contributed by atoms with Crippen molar-refractivity contribution < 1.29 is 43.6 Å². The summed E-state index contributed by atoms with van der Waals surface area (Å²) >= 11 is 0. The van der Waals surface area contributed by atoms with Crippen molar-refractivity contribution in [3.8, 4) is 11.5 Å². The van der Waals surface area contributed by atoms with Crippen molar-refractivity contribution in [2.24, 2.45) is 5.92 Å². The van der Waals surface area contributed by atoms with Crippen LogP contribution in [0.25, 0.3) is 0 Å². The summed E-state index contributed by atoms with van der Waals surface area (Å²) in [4.78, 5) is 43.7. The molecule has 0 radical (unpaired) electrons. The van der Waals surface area contributed by atoms with Crippen LogP contribution in [0.5, 0.6) is 11.5 Å². The fraction of sp³-hybridized carbons (Fsp3) is 0.276. The molecule has 3 aromatic carbocycles. The van der Waals surface area contributed by atoms with Gasteiger partial charge in [0.1, 0.15) is 17.6 Å². The quantitative estimate of drug-likeness (QED) is 0.289. The summed E-state index contributed by atoms with van der Waals surface area (Å²) in [5.41, 5.74) is -2.96. The molecule has 0 bridgehead atoms. The minimum Gasteiger partial charge on any atom is -0.497 e. The van der Waals surface area contributed by atoms with E-state index in [4.69, 9.17) is 19.0 Å². The standard InChI is InChI=1S/C29H25NO9/c1-30(37-3)25(32)22-23(15-7-5-4-6-8-15)29(16-9-11-17(36-2)12-10-16)28(35,24(22)31)20-13-18-19(14-21(20)39-29)27(34)38-26(18)33/h4-14,22-24,31,35H,1-3H3/t22-,23-,24-,28+,29+/m1/s1. The summed E-state index contributed by atoms with van der Waals surface area (Å²) in [7, 11) is 4.26. The van der Waals surface area contributed by atoms with Crippen molar-refractivity contribution >= 4 is 17.8 Å². The van der Waals surface area contributed by atoms with Gasteiger partial charge < -0.3 is 24.4 Å². The third kappa shape index (κ3) is 3.16. The van der Waals surface area contributed by atoms with Crippen molar-refractivity contribution in [2.75, 3.05) is 21.3 Å². The van der Waals surface area contributed by atoms with Crippen molar-refractivity contribution in [3.63, 3.8) is 0 Å². The Hall–Kier alpha value is -4.25. The molecular weight excluding hydrogens is 506 g/mol. The normalized spacial score (nSPS) is 28.3. The zero-order chi connectivity index (χ0) is 27.7. The van der Waals surface area contributed by atoms with E-state index in [9.17, 15) is 24.6 Å². The number of hydrogen-bond donors (Lipinski definition) is 2. The van der Waals surface area contributed by atoms with E-state index in [1.165, 1.54) is 33.4 Å². The predicted molar refractivity (Wildman–Crippen MR) is 134 cm³/mol. The molecule has 10 heteroatoms. The molecule has 2 heterocycles. The van der Waals surface area contributed by atoms with Crippen LogP contribution in [-0.2, 0) is 25.6 Å². The molecule has 39 heavy (non-hydrogen) atoms. The molecule has 5 atom stereocenters. The number of esters is 2. The fourth-order valence-corrected chi connectivity index (χ4v) is 6.30. The van der Waals surface area contributed by atoms with E-state index in [0.29, 0.717) is 16.9 Å². The van der Waals surface area contributed by atoms with Crippen LogP contribution >= 0.6 is 0 Å². The van der Waals surface area contributed by atoms with Gasteiger partial charge in [0.25, 0.3) is 5.91 Å². The average molecular weight is 532 g/mol. The number of ether oxygens (including phenoxy) is 3. The van der Waals surface area contributed by atoms with E-state index >= 15 is 0 Å². The van der Waals surface area contributed by atoms with Crippen LogP contribution in [0.2, 0.25) is 0 Å². The topological polar surface area (TPSA) is 132 Å². The number of aliphatic hydroxyl groups excluding tert-OH is 1. The van der Waals surface area contributed by atoms with E-state index in [0.717, 1.165) is 5.06 Å². The van der Waals surface area contributed by atoms with Crippen LogP contribution in [0.3, 0.4) is 0 Å². The molecule has 0 saturated heterocycles. The highest BCUT2D eigenvalue weighted by Crippen LogP contribution is 2.69. The lowest BCUT2D eigenvalue weighted by molar-refractivity contribution is -0.181. The van der Waals surface area contributed by atoms with Crippen LogP contribution in [0.15, 0.2) is 66.7 Å². The Kier molecular flexibility index (Phi) is 5.55. The van der Waals surface area contributed by atoms with E-state index in [1.807, 2.05) is 6.07 Å². The number of carbonyl (C=O) groups is 3. The first kappa shape index (κ1) is 25.1. The number of nitrogens with zero attached hydrogens (tertiary/aromatic N) is 1. The van der Waals surface area contributed by atoms with Crippen LogP contribution < -0.4 is 9.47 Å². The highest BCUT2D eigenvalue weighted by atomic mass is 16.7. The molecule has 1 amide bonds.